The second kappa shape index (κ2) is 10.0. The Morgan fingerprint density at radius 3 is 2.56 bits per heavy atom. The van der Waals surface area contributed by atoms with Crippen molar-refractivity contribution in [3.8, 4) is 0 Å². The van der Waals surface area contributed by atoms with Crippen LogP contribution < -0.4 is 10.6 Å². The van der Waals surface area contributed by atoms with Gasteiger partial charge in [-0.25, -0.2) is 9.78 Å². The molecule has 3 N–H and O–H groups in total. The number of benzene rings is 1. The third-order valence-corrected chi connectivity index (χ3v) is 3.54. The van der Waals surface area contributed by atoms with Gasteiger partial charge < -0.3 is 20.5 Å². The number of nitrogens with one attached hydrogen (secondary N) is 2. The molecule has 2 amide bonds. The second-order valence-electron chi connectivity index (χ2n) is 5.55. The first kappa shape index (κ1) is 20.1. The first-order chi connectivity index (χ1) is 13.0. The van der Waals surface area contributed by atoms with Gasteiger partial charge in [-0.05, 0) is 43.7 Å². The lowest BCUT2D eigenvalue weighted by molar-refractivity contribution is 0.0690. The number of aromatic nitrogens is 1. The van der Waals surface area contributed by atoms with Gasteiger partial charge in [0.15, 0.2) is 0 Å². The minimum absolute atomic E-state index is 0.0271. The fourth-order valence-electron chi connectivity index (χ4n) is 2.24. The molecule has 0 saturated carbocycles. The Balaban J connectivity index is 1.98. The molecule has 0 spiro atoms. The Bertz CT molecular complexity index is 822. The van der Waals surface area contributed by atoms with E-state index in [0.717, 1.165) is 0 Å². The molecule has 0 aliphatic heterocycles. The van der Waals surface area contributed by atoms with Gasteiger partial charge in [0.25, 0.3) is 11.8 Å². The molecule has 2 rings (SSSR count). The predicted octanol–water partition coefficient (Wildman–Crippen LogP) is 2.19. The van der Waals surface area contributed by atoms with E-state index in [9.17, 15) is 14.4 Å². The lowest BCUT2D eigenvalue weighted by atomic mass is 10.2. The third kappa shape index (κ3) is 6.19. The van der Waals surface area contributed by atoms with Gasteiger partial charge in [0.2, 0.25) is 0 Å². The van der Waals surface area contributed by atoms with Crippen molar-refractivity contribution in [1.29, 1.82) is 0 Å². The Hall–Kier alpha value is -3.26. The van der Waals surface area contributed by atoms with E-state index in [-0.39, 0.29) is 17.3 Å². The van der Waals surface area contributed by atoms with Crippen LogP contribution >= 0.6 is 0 Å². The van der Waals surface area contributed by atoms with E-state index < -0.39 is 11.9 Å². The molecular formula is C19H21N3O5. The number of ether oxygens (including phenoxy) is 1. The zero-order valence-corrected chi connectivity index (χ0v) is 14.9. The molecule has 1 aromatic heterocycles. The van der Waals surface area contributed by atoms with Crippen molar-refractivity contribution < 1.29 is 24.2 Å². The number of anilines is 1. The summed E-state index contributed by atoms with van der Waals surface area (Å²) in [6.45, 7) is 3.61. The van der Waals surface area contributed by atoms with Crippen LogP contribution in [0, 0.1) is 0 Å². The first-order valence-corrected chi connectivity index (χ1v) is 8.49. The lowest BCUT2D eigenvalue weighted by Crippen LogP contribution is -2.25. The molecular weight excluding hydrogens is 350 g/mol. The van der Waals surface area contributed by atoms with Gasteiger partial charge in [0, 0.05) is 31.0 Å². The normalized spacial score (nSPS) is 10.3. The molecule has 1 heterocycles. The molecule has 1 aromatic carbocycles. The van der Waals surface area contributed by atoms with E-state index in [0.29, 0.717) is 37.4 Å². The topological polar surface area (TPSA) is 118 Å². The summed E-state index contributed by atoms with van der Waals surface area (Å²) in [5.41, 5.74) is 0.560. The lowest BCUT2D eigenvalue weighted by Gasteiger charge is -2.08. The van der Waals surface area contributed by atoms with Gasteiger partial charge in [-0.3, -0.25) is 9.59 Å². The van der Waals surface area contributed by atoms with E-state index >= 15 is 0 Å². The maximum atomic E-state index is 12.3. The summed E-state index contributed by atoms with van der Waals surface area (Å²) in [6, 6.07) is 10.6. The zero-order chi connectivity index (χ0) is 19.6. The molecule has 0 bridgehead atoms. The number of rotatable bonds is 9. The average Bonchev–Trinajstić information content (AvgIpc) is 2.68. The average molecular weight is 371 g/mol. The maximum Gasteiger partial charge on any atom is 0.354 e. The number of pyridine rings is 1. The highest BCUT2D eigenvalue weighted by atomic mass is 16.5. The summed E-state index contributed by atoms with van der Waals surface area (Å²) >= 11 is 0. The Labute approximate surface area is 156 Å². The number of aromatic carboxylic acids is 1. The van der Waals surface area contributed by atoms with E-state index in [1.165, 1.54) is 24.3 Å². The SMILES string of the molecule is CCOCCCNC(=O)c1cccc(NC(=O)c2cccc(C(=O)O)n2)c1. The highest BCUT2D eigenvalue weighted by Crippen LogP contribution is 2.12. The summed E-state index contributed by atoms with van der Waals surface area (Å²) in [4.78, 5) is 39.2. The minimum Gasteiger partial charge on any atom is -0.477 e. The molecule has 27 heavy (non-hydrogen) atoms. The van der Waals surface area contributed by atoms with Crippen molar-refractivity contribution in [1.82, 2.24) is 10.3 Å². The van der Waals surface area contributed by atoms with Crippen molar-refractivity contribution in [3.05, 3.63) is 59.4 Å². The quantitative estimate of drug-likeness (QED) is 0.582. The van der Waals surface area contributed by atoms with Crippen molar-refractivity contribution in [2.75, 3.05) is 25.1 Å². The van der Waals surface area contributed by atoms with E-state index in [1.54, 1.807) is 18.2 Å². The summed E-state index contributed by atoms with van der Waals surface area (Å²) in [5.74, 6) is -2.03. The van der Waals surface area contributed by atoms with Crippen LogP contribution in [0.4, 0.5) is 5.69 Å². The van der Waals surface area contributed by atoms with Crippen LogP contribution in [0.25, 0.3) is 0 Å². The molecule has 2 aromatic rings. The van der Waals surface area contributed by atoms with Gasteiger partial charge in [0.1, 0.15) is 11.4 Å². The minimum atomic E-state index is -1.22. The highest BCUT2D eigenvalue weighted by Gasteiger charge is 2.12. The third-order valence-electron chi connectivity index (χ3n) is 3.54. The Kier molecular flexibility index (Phi) is 7.45. The van der Waals surface area contributed by atoms with Gasteiger partial charge >= 0.3 is 5.97 Å². The molecule has 0 unspecified atom stereocenters. The van der Waals surface area contributed by atoms with Gasteiger partial charge in [0.05, 0.1) is 0 Å². The van der Waals surface area contributed by atoms with Crippen LogP contribution in [-0.2, 0) is 4.74 Å². The first-order valence-electron chi connectivity index (χ1n) is 8.49. The number of carboxylic acid groups (broad SMARTS) is 1. The van der Waals surface area contributed by atoms with Crippen LogP contribution in [-0.4, -0.2) is 47.6 Å². The van der Waals surface area contributed by atoms with Crippen molar-refractivity contribution in [2.45, 2.75) is 13.3 Å². The number of carbonyl (C=O) groups is 3. The summed E-state index contributed by atoms with van der Waals surface area (Å²) in [6.07, 6.45) is 0.710. The van der Waals surface area contributed by atoms with Crippen molar-refractivity contribution in [3.63, 3.8) is 0 Å². The number of amides is 2. The highest BCUT2D eigenvalue weighted by molar-refractivity contribution is 6.04. The molecule has 8 heteroatoms. The molecule has 0 atom stereocenters. The summed E-state index contributed by atoms with van der Waals surface area (Å²) in [5, 5.41) is 14.3. The van der Waals surface area contributed by atoms with Crippen LogP contribution in [0.15, 0.2) is 42.5 Å². The molecule has 0 radical (unpaired) electrons. The van der Waals surface area contributed by atoms with Crippen LogP contribution in [0.5, 0.6) is 0 Å². The van der Waals surface area contributed by atoms with E-state index in [2.05, 4.69) is 15.6 Å². The summed E-state index contributed by atoms with van der Waals surface area (Å²) in [7, 11) is 0. The molecule has 142 valence electrons. The predicted molar refractivity (Wildman–Crippen MR) is 99.0 cm³/mol. The van der Waals surface area contributed by atoms with Crippen LogP contribution in [0.3, 0.4) is 0 Å². The number of carbonyl (C=O) groups excluding carboxylic acids is 2. The Morgan fingerprint density at radius 1 is 1.07 bits per heavy atom. The molecule has 0 saturated heterocycles. The fourth-order valence-corrected chi connectivity index (χ4v) is 2.24. The monoisotopic (exact) mass is 371 g/mol. The van der Waals surface area contributed by atoms with Crippen molar-refractivity contribution >= 4 is 23.5 Å². The smallest absolute Gasteiger partial charge is 0.354 e. The van der Waals surface area contributed by atoms with Crippen LogP contribution in [0.1, 0.15) is 44.7 Å². The zero-order valence-electron chi connectivity index (χ0n) is 14.9. The van der Waals surface area contributed by atoms with E-state index in [1.807, 2.05) is 6.92 Å². The molecule has 0 fully saturated rings. The van der Waals surface area contributed by atoms with Crippen molar-refractivity contribution in [2.24, 2.45) is 0 Å². The number of nitrogens with zero attached hydrogens (tertiary/aromatic N) is 1. The standard InChI is InChI=1S/C19H21N3O5/c1-2-27-11-5-10-20-17(23)13-6-3-7-14(12-13)21-18(24)15-8-4-9-16(22-15)19(25)26/h3-4,6-9,12H,2,5,10-11H2,1H3,(H,20,23)(H,21,24)(H,25,26). The number of hydrogen-bond acceptors (Lipinski definition) is 5. The molecule has 8 nitrogen and oxygen atoms in total. The maximum absolute atomic E-state index is 12.3. The second-order valence-corrected chi connectivity index (χ2v) is 5.55. The van der Waals surface area contributed by atoms with Gasteiger partial charge in [-0.15, -0.1) is 0 Å². The van der Waals surface area contributed by atoms with E-state index in [4.69, 9.17) is 9.84 Å². The van der Waals surface area contributed by atoms with Crippen LogP contribution in [0.2, 0.25) is 0 Å². The number of hydrogen-bond donors (Lipinski definition) is 3. The number of carboxylic acids is 1. The fraction of sp³-hybridized carbons (Fsp3) is 0.263. The molecule has 0 aliphatic rings. The summed E-state index contributed by atoms with van der Waals surface area (Å²) < 4.78 is 5.21. The Morgan fingerprint density at radius 2 is 1.81 bits per heavy atom. The van der Waals surface area contributed by atoms with Gasteiger partial charge in [-0.1, -0.05) is 12.1 Å². The largest absolute Gasteiger partial charge is 0.477 e. The van der Waals surface area contributed by atoms with Gasteiger partial charge in [-0.2, -0.15) is 0 Å². The molecule has 0 aliphatic carbocycles.